The van der Waals surface area contributed by atoms with Crippen LogP contribution in [0.4, 0.5) is 5.69 Å². The third-order valence-electron chi connectivity index (χ3n) is 3.28. The Bertz CT molecular complexity index is 471. The Kier molecular flexibility index (Phi) is 8.67. The molecule has 1 aromatic rings. The van der Waals surface area contributed by atoms with Gasteiger partial charge in [-0.15, -0.1) is 12.4 Å². The van der Waals surface area contributed by atoms with E-state index in [4.69, 9.17) is 19.9 Å². The van der Waals surface area contributed by atoms with Crippen molar-refractivity contribution in [2.75, 3.05) is 33.3 Å². The van der Waals surface area contributed by atoms with E-state index in [1.54, 1.807) is 19.2 Å². The number of nitrogens with two attached hydrogens (primary N) is 1. The fraction of sp³-hybridized carbons (Fsp3) is 0.533. The molecule has 7 heteroatoms. The van der Waals surface area contributed by atoms with Gasteiger partial charge in [0.15, 0.2) is 11.5 Å². The molecular weight excluding hydrogens is 308 g/mol. The monoisotopic (exact) mass is 332 g/mol. The largest absolute Gasteiger partial charge is 0.493 e. The van der Waals surface area contributed by atoms with Crippen LogP contribution >= 0.6 is 12.4 Å². The van der Waals surface area contributed by atoms with E-state index in [0.717, 1.165) is 6.42 Å². The number of amides is 1. The number of benzene rings is 1. The molecule has 126 valence electrons. The van der Waals surface area contributed by atoms with Crippen molar-refractivity contribution in [2.45, 2.75) is 25.8 Å². The van der Waals surface area contributed by atoms with Gasteiger partial charge in [0.1, 0.15) is 0 Å². The minimum atomic E-state index is -0.515. The van der Waals surface area contributed by atoms with Crippen molar-refractivity contribution in [2.24, 2.45) is 5.73 Å². The normalized spacial score (nSPS) is 11.2. The van der Waals surface area contributed by atoms with Crippen LogP contribution < -0.4 is 24.8 Å². The van der Waals surface area contributed by atoms with E-state index < -0.39 is 6.04 Å². The zero-order valence-corrected chi connectivity index (χ0v) is 14.5. The maximum atomic E-state index is 12.3. The Morgan fingerprint density at radius 1 is 1.18 bits per heavy atom. The molecule has 0 saturated heterocycles. The maximum Gasteiger partial charge on any atom is 0.243 e. The van der Waals surface area contributed by atoms with Gasteiger partial charge >= 0.3 is 0 Å². The van der Waals surface area contributed by atoms with Crippen LogP contribution in [0.5, 0.6) is 17.2 Å². The molecule has 0 spiro atoms. The summed E-state index contributed by atoms with van der Waals surface area (Å²) in [6, 6.07) is 2.93. The van der Waals surface area contributed by atoms with Crippen LogP contribution in [0, 0.1) is 0 Å². The predicted octanol–water partition coefficient (Wildman–Crippen LogP) is 2.22. The van der Waals surface area contributed by atoms with Gasteiger partial charge in [0, 0.05) is 19.2 Å². The zero-order valence-electron chi connectivity index (χ0n) is 13.7. The molecule has 1 aromatic carbocycles. The summed E-state index contributed by atoms with van der Waals surface area (Å²) in [5.41, 5.74) is 6.52. The van der Waals surface area contributed by atoms with Gasteiger partial charge in [0.05, 0.1) is 33.1 Å². The van der Waals surface area contributed by atoms with Gasteiger partial charge in [0.2, 0.25) is 11.7 Å². The second-order valence-electron chi connectivity index (χ2n) is 4.68. The minimum Gasteiger partial charge on any atom is -0.493 e. The summed E-state index contributed by atoms with van der Waals surface area (Å²) < 4.78 is 15.8. The van der Waals surface area contributed by atoms with Gasteiger partial charge in [0.25, 0.3) is 0 Å². The molecule has 6 nitrogen and oxygen atoms in total. The van der Waals surface area contributed by atoms with E-state index in [9.17, 15) is 4.79 Å². The van der Waals surface area contributed by atoms with E-state index in [1.165, 1.54) is 26.2 Å². The molecule has 0 aliphatic rings. The molecule has 1 atom stereocenters. The van der Waals surface area contributed by atoms with E-state index >= 15 is 0 Å². The third kappa shape index (κ3) is 4.42. The van der Waals surface area contributed by atoms with E-state index in [2.05, 4.69) is 0 Å². The first-order chi connectivity index (χ1) is 9.99. The van der Waals surface area contributed by atoms with Gasteiger partial charge in [-0.2, -0.15) is 0 Å². The summed E-state index contributed by atoms with van der Waals surface area (Å²) >= 11 is 0. The Morgan fingerprint density at radius 2 is 1.68 bits per heavy atom. The average Bonchev–Trinajstić information content (AvgIpc) is 2.51. The summed E-state index contributed by atoms with van der Waals surface area (Å²) in [5, 5.41) is 0. The summed E-state index contributed by atoms with van der Waals surface area (Å²) in [6.45, 7) is 1.99. The summed E-state index contributed by atoms with van der Waals surface area (Å²) in [6.07, 6.45) is 1.50. The molecule has 0 heterocycles. The van der Waals surface area contributed by atoms with E-state index in [1.807, 2.05) is 6.92 Å². The van der Waals surface area contributed by atoms with Gasteiger partial charge in [-0.3, -0.25) is 4.79 Å². The van der Waals surface area contributed by atoms with Crippen LogP contribution in [0.1, 0.15) is 19.8 Å². The first-order valence-electron chi connectivity index (χ1n) is 6.83. The highest BCUT2D eigenvalue weighted by Crippen LogP contribution is 2.40. The van der Waals surface area contributed by atoms with Crippen LogP contribution in [0.3, 0.4) is 0 Å². The predicted molar refractivity (Wildman–Crippen MR) is 89.6 cm³/mol. The maximum absolute atomic E-state index is 12.3. The second-order valence-corrected chi connectivity index (χ2v) is 4.68. The molecule has 1 unspecified atom stereocenters. The number of methoxy groups -OCH3 is 3. The summed E-state index contributed by atoms with van der Waals surface area (Å²) in [4.78, 5) is 13.8. The molecule has 2 N–H and O–H groups in total. The molecule has 0 aliphatic heterocycles. The standard InChI is InChI=1S/C15H24N2O4.ClH/c1-6-7-11(16)15(18)17(2)10-8-12(19-3)14(21-5)13(9-10)20-4;/h8-9,11H,6-7,16H2,1-5H3;1H. The van der Waals surface area contributed by atoms with Gasteiger partial charge in [-0.1, -0.05) is 13.3 Å². The fourth-order valence-electron chi connectivity index (χ4n) is 2.07. The fourth-order valence-corrected chi connectivity index (χ4v) is 2.07. The number of halogens is 1. The number of hydrogen-bond acceptors (Lipinski definition) is 5. The van der Waals surface area contributed by atoms with Gasteiger partial charge < -0.3 is 24.8 Å². The number of carbonyl (C=O) groups excluding carboxylic acids is 1. The number of ether oxygens (including phenoxy) is 3. The minimum absolute atomic E-state index is 0. The van der Waals surface area contributed by atoms with Crippen molar-refractivity contribution in [3.63, 3.8) is 0 Å². The van der Waals surface area contributed by atoms with Crippen molar-refractivity contribution in [3.8, 4) is 17.2 Å². The Balaban J connectivity index is 0.00000441. The molecule has 1 amide bonds. The molecular formula is C15H25ClN2O4. The lowest BCUT2D eigenvalue weighted by Gasteiger charge is -2.23. The summed E-state index contributed by atoms with van der Waals surface area (Å²) in [5.74, 6) is 1.33. The number of anilines is 1. The molecule has 0 aromatic heterocycles. The third-order valence-corrected chi connectivity index (χ3v) is 3.28. The Labute approximate surface area is 137 Å². The highest BCUT2D eigenvalue weighted by molar-refractivity contribution is 5.97. The SMILES string of the molecule is CCCC(N)C(=O)N(C)c1cc(OC)c(OC)c(OC)c1.Cl. The molecule has 0 radical (unpaired) electrons. The van der Waals surface area contributed by atoms with Crippen LogP contribution in [-0.4, -0.2) is 40.3 Å². The van der Waals surface area contributed by atoms with Crippen molar-refractivity contribution in [1.29, 1.82) is 0 Å². The van der Waals surface area contributed by atoms with E-state index in [0.29, 0.717) is 29.4 Å². The highest BCUT2D eigenvalue weighted by atomic mass is 35.5. The Hall–Kier alpha value is -1.66. The lowest BCUT2D eigenvalue weighted by molar-refractivity contribution is -0.119. The highest BCUT2D eigenvalue weighted by Gasteiger charge is 2.21. The average molecular weight is 333 g/mol. The van der Waals surface area contributed by atoms with Crippen LogP contribution in [0.2, 0.25) is 0 Å². The molecule has 0 saturated carbocycles. The van der Waals surface area contributed by atoms with Gasteiger partial charge in [-0.25, -0.2) is 0 Å². The van der Waals surface area contributed by atoms with Crippen LogP contribution in [-0.2, 0) is 4.79 Å². The van der Waals surface area contributed by atoms with Crippen LogP contribution in [0.25, 0.3) is 0 Å². The van der Waals surface area contributed by atoms with Crippen molar-refractivity contribution in [1.82, 2.24) is 0 Å². The number of carbonyl (C=O) groups is 1. The lowest BCUT2D eigenvalue weighted by atomic mass is 10.1. The first-order valence-corrected chi connectivity index (χ1v) is 6.83. The first kappa shape index (κ1) is 20.3. The molecule has 1 rings (SSSR count). The van der Waals surface area contributed by atoms with Gasteiger partial charge in [-0.05, 0) is 6.42 Å². The Morgan fingerprint density at radius 3 is 2.05 bits per heavy atom. The topological polar surface area (TPSA) is 74.0 Å². The molecule has 0 bridgehead atoms. The van der Waals surface area contributed by atoms with Crippen LogP contribution in [0.15, 0.2) is 12.1 Å². The van der Waals surface area contributed by atoms with Crippen molar-refractivity contribution in [3.05, 3.63) is 12.1 Å². The summed E-state index contributed by atoms with van der Waals surface area (Å²) in [7, 11) is 6.28. The lowest BCUT2D eigenvalue weighted by Crippen LogP contribution is -2.41. The molecule has 0 aliphatic carbocycles. The van der Waals surface area contributed by atoms with Crippen molar-refractivity contribution >= 4 is 24.0 Å². The quantitative estimate of drug-likeness (QED) is 0.828. The number of rotatable bonds is 7. The number of hydrogen-bond donors (Lipinski definition) is 1. The molecule has 0 fully saturated rings. The number of nitrogens with zero attached hydrogens (tertiary/aromatic N) is 1. The molecule has 22 heavy (non-hydrogen) atoms. The smallest absolute Gasteiger partial charge is 0.243 e. The second kappa shape index (κ2) is 9.38. The van der Waals surface area contributed by atoms with Crippen molar-refractivity contribution < 1.29 is 19.0 Å². The zero-order chi connectivity index (χ0) is 16.0. The van der Waals surface area contributed by atoms with E-state index in [-0.39, 0.29) is 18.3 Å². The number of likely N-dealkylation sites (N-methyl/N-ethyl adjacent to an activating group) is 1.